The van der Waals surface area contributed by atoms with Gasteiger partial charge in [0.15, 0.2) is 0 Å². The third kappa shape index (κ3) is 4.40. The molecule has 4 aromatic rings. The third-order valence-corrected chi connectivity index (χ3v) is 7.92. The highest BCUT2D eigenvalue weighted by Crippen LogP contribution is 2.46. The number of fused-ring (bicyclic) bond motifs is 1. The number of carboxylic acids is 1. The fourth-order valence-electron chi connectivity index (χ4n) is 5.19. The van der Waals surface area contributed by atoms with E-state index < -0.39 is 5.97 Å². The SMILES string of the molecule is O=C(O)c1ccc2ncn(C3CCC(OCc4c(-c5c(Cl)cccc5Cl)noc4C4CC4)CC3)c2c1. The number of hydrogen-bond donors (Lipinski definition) is 1. The average Bonchev–Trinajstić information content (AvgIpc) is 3.50. The van der Waals surface area contributed by atoms with E-state index in [1.165, 1.54) is 0 Å². The Kier molecular flexibility index (Phi) is 6.23. The molecule has 2 aromatic carbocycles. The lowest BCUT2D eigenvalue weighted by Crippen LogP contribution is -2.23. The van der Waals surface area contributed by atoms with E-state index in [1.54, 1.807) is 30.3 Å². The number of aromatic nitrogens is 3. The Balaban J connectivity index is 1.16. The first kappa shape index (κ1) is 23.5. The van der Waals surface area contributed by atoms with Crippen molar-refractivity contribution < 1.29 is 19.2 Å². The number of hydrogen-bond acceptors (Lipinski definition) is 5. The first-order chi connectivity index (χ1) is 17.5. The molecule has 2 heterocycles. The predicted molar refractivity (Wildman–Crippen MR) is 137 cm³/mol. The van der Waals surface area contributed by atoms with Crippen LogP contribution < -0.4 is 0 Å². The summed E-state index contributed by atoms with van der Waals surface area (Å²) >= 11 is 13.0. The molecule has 2 saturated carbocycles. The van der Waals surface area contributed by atoms with Gasteiger partial charge in [-0.05, 0) is 68.9 Å². The Morgan fingerprint density at radius 3 is 2.53 bits per heavy atom. The van der Waals surface area contributed by atoms with Gasteiger partial charge in [0.2, 0.25) is 0 Å². The molecule has 1 N–H and O–H groups in total. The summed E-state index contributed by atoms with van der Waals surface area (Å²) in [5.74, 6) is 0.333. The van der Waals surface area contributed by atoms with E-state index in [0.717, 1.165) is 60.9 Å². The lowest BCUT2D eigenvalue weighted by atomic mass is 9.92. The predicted octanol–water partition coefficient (Wildman–Crippen LogP) is 7.27. The van der Waals surface area contributed by atoms with Crippen molar-refractivity contribution in [3.8, 4) is 11.3 Å². The molecule has 7 nitrogen and oxygen atoms in total. The van der Waals surface area contributed by atoms with Crippen LogP contribution in [0.4, 0.5) is 0 Å². The Hall–Kier alpha value is -2.87. The number of aromatic carboxylic acids is 1. The van der Waals surface area contributed by atoms with Crippen molar-refractivity contribution in [3.05, 3.63) is 69.7 Å². The Labute approximate surface area is 218 Å². The maximum Gasteiger partial charge on any atom is 0.335 e. The molecule has 6 rings (SSSR count). The van der Waals surface area contributed by atoms with Gasteiger partial charge >= 0.3 is 5.97 Å². The summed E-state index contributed by atoms with van der Waals surface area (Å²) in [6, 6.07) is 10.8. The molecule has 0 atom stereocenters. The van der Waals surface area contributed by atoms with Crippen molar-refractivity contribution in [2.24, 2.45) is 0 Å². The van der Waals surface area contributed by atoms with E-state index >= 15 is 0 Å². The van der Waals surface area contributed by atoms with Crippen molar-refractivity contribution >= 4 is 40.2 Å². The van der Waals surface area contributed by atoms with E-state index in [2.05, 4.69) is 14.7 Å². The van der Waals surface area contributed by atoms with Gasteiger partial charge in [-0.3, -0.25) is 0 Å². The molecule has 2 aliphatic carbocycles. The monoisotopic (exact) mass is 525 g/mol. The Bertz CT molecular complexity index is 1410. The van der Waals surface area contributed by atoms with E-state index in [9.17, 15) is 9.90 Å². The third-order valence-electron chi connectivity index (χ3n) is 7.29. The van der Waals surface area contributed by atoms with Crippen LogP contribution in [-0.2, 0) is 11.3 Å². The number of imidazole rings is 1. The van der Waals surface area contributed by atoms with Crippen molar-refractivity contribution in [1.29, 1.82) is 0 Å². The molecule has 2 aromatic heterocycles. The summed E-state index contributed by atoms with van der Waals surface area (Å²) in [5.41, 5.74) is 4.24. The van der Waals surface area contributed by atoms with Crippen LogP contribution in [-0.4, -0.2) is 31.9 Å². The fraction of sp³-hybridized carbons (Fsp3) is 0.370. The molecule has 0 unspecified atom stereocenters. The number of ether oxygens (including phenoxy) is 1. The summed E-state index contributed by atoms with van der Waals surface area (Å²) in [5, 5.41) is 14.8. The first-order valence-electron chi connectivity index (χ1n) is 12.2. The molecule has 186 valence electrons. The topological polar surface area (TPSA) is 90.4 Å². The highest BCUT2D eigenvalue weighted by Gasteiger charge is 2.34. The maximum atomic E-state index is 11.4. The van der Waals surface area contributed by atoms with Gasteiger partial charge in [-0.1, -0.05) is 34.4 Å². The number of carbonyl (C=O) groups is 1. The molecule has 0 radical (unpaired) electrons. The number of carboxylic acid groups (broad SMARTS) is 1. The summed E-state index contributed by atoms with van der Waals surface area (Å²) in [7, 11) is 0. The average molecular weight is 526 g/mol. The largest absolute Gasteiger partial charge is 0.478 e. The van der Waals surface area contributed by atoms with Gasteiger partial charge in [0, 0.05) is 23.1 Å². The van der Waals surface area contributed by atoms with Crippen molar-refractivity contribution in [2.75, 3.05) is 0 Å². The number of rotatable bonds is 7. The minimum absolute atomic E-state index is 0.113. The molecule has 36 heavy (non-hydrogen) atoms. The molecular formula is C27H25Cl2N3O4. The summed E-state index contributed by atoms with van der Waals surface area (Å²) < 4.78 is 14.3. The lowest BCUT2D eigenvalue weighted by molar-refractivity contribution is 0.00831. The number of halogens is 2. The summed E-state index contributed by atoms with van der Waals surface area (Å²) in [6.45, 7) is 0.400. The van der Waals surface area contributed by atoms with Gasteiger partial charge < -0.3 is 18.9 Å². The zero-order valence-corrected chi connectivity index (χ0v) is 21.0. The van der Waals surface area contributed by atoms with Crippen LogP contribution in [0.25, 0.3) is 22.3 Å². The van der Waals surface area contributed by atoms with Gasteiger partial charge in [0.25, 0.3) is 0 Å². The molecule has 0 bridgehead atoms. The van der Waals surface area contributed by atoms with Gasteiger partial charge in [-0.15, -0.1) is 0 Å². The zero-order chi connectivity index (χ0) is 24.8. The molecule has 0 spiro atoms. The maximum absolute atomic E-state index is 11.4. The van der Waals surface area contributed by atoms with Crippen LogP contribution >= 0.6 is 23.2 Å². The zero-order valence-electron chi connectivity index (χ0n) is 19.5. The van der Waals surface area contributed by atoms with Crippen LogP contribution in [0.15, 0.2) is 47.2 Å². The fourth-order valence-corrected chi connectivity index (χ4v) is 5.77. The smallest absolute Gasteiger partial charge is 0.335 e. The highest BCUT2D eigenvalue weighted by molar-refractivity contribution is 6.39. The standard InChI is InChI=1S/C27H25Cl2N3O4/c28-20-2-1-3-21(29)24(20)25-19(26(36-31-25)15-4-5-15)13-35-18-9-7-17(8-10-18)32-14-30-22-11-6-16(27(33)34)12-23(22)32/h1-3,6,11-12,14-15,17-18H,4-5,7-10,13H2,(H,33,34). The van der Waals surface area contributed by atoms with E-state index in [0.29, 0.717) is 33.8 Å². The molecule has 2 aliphatic rings. The molecule has 0 saturated heterocycles. The van der Waals surface area contributed by atoms with Crippen LogP contribution in [0.1, 0.15) is 72.2 Å². The van der Waals surface area contributed by atoms with Crippen LogP contribution in [0, 0.1) is 0 Å². The first-order valence-corrected chi connectivity index (χ1v) is 13.0. The van der Waals surface area contributed by atoms with Gasteiger partial charge in [-0.2, -0.15) is 0 Å². The van der Waals surface area contributed by atoms with E-state index in [-0.39, 0.29) is 17.7 Å². The van der Waals surface area contributed by atoms with Gasteiger partial charge in [0.05, 0.1) is 45.7 Å². The summed E-state index contributed by atoms with van der Waals surface area (Å²) in [6.07, 6.45) is 7.76. The van der Waals surface area contributed by atoms with Gasteiger partial charge in [-0.25, -0.2) is 9.78 Å². The Morgan fingerprint density at radius 1 is 1.08 bits per heavy atom. The molecule has 9 heteroatoms. The molecule has 0 amide bonds. The second-order valence-electron chi connectivity index (χ2n) is 9.65. The minimum Gasteiger partial charge on any atom is -0.478 e. The van der Waals surface area contributed by atoms with Crippen molar-refractivity contribution in [1.82, 2.24) is 14.7 Å². The number of nitrogens with zero attached hydrogens (tertiary/aromatic N) is 3. The molecular weight excluding hydrogens is 501 g/mol. The van der Waals surface area contributed by atoms with Crippen molar-refractivity contribution in [2.45, 2.75) is 63.2 Å². The van der Waals surface area contributed by atoms with E-state index in [4.69, 9.17) is 32.5 Å². The normalized spacial score (nSPS) is 20.2. The minimum atomic E-state index is -0.932. The molecule has 0 aliphatic heterocycles. The van der Waals surface area contributed by atoms with Crippen molar-refractivity contribution in [3.63, 3.8) is 0 Å². The van der Waals surface area contributed by atoms with Gasteiger partial charge in [0.1, 0.15) is 11.5 Å². The Morgan fingerprint density at radius 2 is 1.83 bits per heavy atom. The van der Waals surface area contributed by atoms with Crippen LogP contribution in [0.2, 0.25) is 10.0 Å². The van der Waals surface area contributed by atoms with Crippen LogP contribution in [0.5, 0.6) is 0 Å². The molecule has 2 fully saturated rings. The second-order valence-corrected chi connectivity index (χ2v) is 10.5. The highest BCUT2D eigenvalue weighted by atomic mass is 35.5. The van der Waals surface area contributed by atoms with E-state index in [1.807, 2.05) is 12.4 Å². The number of benzene rings is 2. The summed E-state index contributed by atoms with van der Waals surface area (Å²) in [4.78, 5) is 15.9. The quantitative estimate of drug-likeness (QED) is 0.272. The van der Waals surface area contributed by atoms with Crippen LogP contribution in [0.3, 0.4) is 0 Å². The lowest BCUT2D eigenvalue weighted by Gasteiger charge is -2.29. The second kappa shape index (κ2) is 9.54.